The van der Waals surface area contributed by atoms with Gasteiger partial charge in [0.25, 0.3) is 0 Å². The van der Waals surface area contributed by atoms with E-state index in [0.29, 0.717) is 17.7 Å². The first-order chi connectivity index (χ1) is 10.2. The van der Waals surface area contributed by atoms with E-state index in [4.69, 9.17) is 0 Å². The number of hydrogen-bond donors (Lipinski definition) is 2. The molecule has 2 atom stereocenters. The third-order valence-electron chi connectivity index (χ3n) is 4.48. The molecule has 0 amide bonds. The Labute approximate surface area is 126 Å². The summed E-state index contributed by atoms with van der Waals surface area (Å²) in [6.07, 6.45) is 3.45. The number of phenolic OH excluding ortho intramolecular Hbond substituents is 1. The largest absolute Gasteiger partial charge is 0.508 e. The van der Waals surface area contributed by atoms with Crippen LogP contribution in [0.25, 0.3) is 0 Å². The Hall–Kier alpha value is -1.80. The molecule has 2 heteroatoms. The Morgan fingerprint density at radius 1 is 1.19 bits per heavy atom. The molecule has 110 valence electrons. The van der Waals surface area contributed by atoms with Gasteiger partial charge in [0, 0.05) is 12.6 Å². The molecule has 21 heavy (non-hydrogen) atoms. The predicted molar refractivity (Wildman–Crippen MR) is 86.6 cm³/mol. The van der Waals surface area contributed by atoms with E-state index in [1.54, 1.807) is 6.07 Å². The average molecular weight is 281 g/mol. The molecular weight excluding hydrogens is 258 g/mol. The van der Waals surface area contributed by atoms with Crippen molar-refractivity contribution in [2.24, 2.45) is 0 Å². The summed E-state index contributed by atoms with van der Waals surface area (Å²) in [5.74, 6) is 0.890. The first kappa shape index (κ1) is 14.2. The minimum atomic E-state index is 0.382. The predicted octanol–water partition coefficient (Wildman–Crippen LogP) is 4.16. The van der Waals surface area contributed by atoms with Crippen LogP contribution >= 0.6 is 0 Å². The molecule has 2 unspecified atom stereocenters. The number of benzene rings is 2. The SMILES string of the molecule is CC(CNC1CCCc2cc(O)ccc21)c1ccccc1. The Bertz CT molecular complexity index is 594. The molecule has 0 saturated heterocycles. The lowest BCUT2D eigenvalue weighted by Crippen LogP contribution is -2.28. The number of rotatable bonds is 4. The van der Waals surface area contributed by atoms with Crippen LogP contribution in [0.5, 0.6) is 5.75 Å². The topological polar surface area (TPSA) is 32.3 Å². The lowest BCUT2D eigenvalue weighted by atomic mass is 9.87. The monoisotopic (exact) mass is 281 g/mol. The van der Waals surface area contributed by atoms with Crippen LogP contribution in [-0.4, -0.2) is 11.7 Å². The van der Waals surface area contributed by atoms with Crippen LogP contribution in [0.1, 0.15) is 48.4 Å². The second-order valence-electron chi connectivity index (χ2n) is 6.05. The fraction of sp³-hybridized carbons (Fsp3) is 0.368. The second kappa shape index (κ2) is 6.31. The van der Waals surface area contributed by atoms with Gasteiger partial charge in [-0.05, 0) is 54.0 Å². The maximum atomic E-state index is 9.62. The lowest BCUT2D eigenvalue weighted by Gasteiger charge is -2.28. The summed E-state index contributed by atoms with van der Waals surface area (Å²) in [6, 6.07) is 16.9. The van der Waals surface area contributed by atoms with Gasteiger partial charge in [-0.3, -0.25) is 0 Å². The van der Waals surface area contributed by atoms with Gasteiger partial charge in [-0.15, -0.1) is 0 Å². The third kappa shape index (κ3) is 3.27. The number of hydrogen-bond acceptors (Lipinski definition) is 2. The summed E-state index contributed by atoms with van der Waals surface area (Å²) < 4.78 is 0. The maximum Gasteiger partial charge on any atom is 0.115 e. The molecule has 0 fully saturated rings. The molecule has 0 heterocycles. The quantitative estimate of drug-likeness (QED) is 0.882. The molecule has 0 spiro atoms. The maximum absolute atomic E-state index is 9.62. The molecule has 0 aliphatic heterocycles. The zero-order chi connectivity index (χ0) is 14.7. The van der Waals surface area contributed by atoms with Gasteiger partial charge in [0.1, 0.15) is 5.75 Å². The van der Waals surface area contributed by atoms with Gasteiger partial charge >= 0.3 is 0 Å². The van der Waals surface area contributed by atoms with Crippen molar-refractivity contribution in [3.8, 4) is 5.75 Å². The van der Waals surface area contributed by atoms with Crippen molar-refractivity contribution in [2.45, 2.75) is 38.1 Å². The number of aryl methyl sites for hydroxylation is 1. The molecule has 0 radical (unpaired) electrons. The highest BCUT2D eigenvalue weighted by atomic mass is 16.3. The molecule has 2 aromatic carbocycles. The van der Waals surface area contributed by atoms with Crippen LogP contribution in [0.3, 0.4) is 0 Å². The molecule has 0 bridgehead atoms. The molecule has 2 nitrogen and oxygen atoms in total. The number of phenols is 1. The van der Waals surface area contributed by atoms with E-state index >= 15 is 0 Å². The molecule has 1 aliphatic carbocycles. The molecule has 0 aromatic heterocycles. The van der Waals surface area contributed by atoms with Gasteiger partial charge in [0.2, 0.25) is 0 Å². The van der Waals surface area contributed by atoms with Crippen LogP contribution < -0.4 is 5.32 Å². The number of fused-ring (bicyclic) bond motifs is 1. The summed E-state index contributed by atoms with van der Waals surface area (Å²) >= 11 is 0. The molecule has 2 aromatic rings. The van der Waals surface area contributed by atoms with Gasteiger partial charge in [-0.25, -0.2) is 0 Å². The number of aromatic hydroxyl groups is 1. The van der Waals surface area contributed by atoms with Crippen molar-refractivity contribution >= 4 is 0 Å². The van der Waals surface area contributed by atoms with Crippen LogP contribution in [0.4, 0.5) is 0 Å². The molecule has 2 N–H and O–H groups in total. The van der Waals surface area contributed by atoms with E-state index in [-0.39, 0.29) is 0 Å². The summed E-state index contributed by atoms with van der Waals surface area (Å²) in [4.78, 5) is 0. The minimum absolute atomic E-state index is 0.382. The summed E-state index contributed by atoms with van der Waals surface area (Å²) in [7, 11) is 0. The highest BCUT2D eigenvalue weighted by Crippen LogP contribution is 2.32. The zero-order valence-electron chi connectivity index (χ0n) is 12.5. The highest BCUT2D eigenvalue weighted by Gasteiger charge is 2.20. The molecule has 1 aliphatic rings. The van der Waals surface area contributed by atoms with Crippen LogP contribution in [0.2, 0.25) is 0 Å². The average Bonchev–Trinajstić information content (AvgIpc) is 2.53. The standard InChI is InChI=1S/C19H23NO/c1-14(15-6-3-2-4-7-15)13-20-19-9-5-8-16-12-17(21)10-11-18(16)19/h2-4,6-7,10-12,14,19-21H,5,8-9,13H2,1H3. The van der Waals surface area contributed by atoms with Crippen LogP contribution in [0.15, 0.2) is 48.5 Å². The molecular formula is C19H23NO. The lowest BCUT2D eigenvalue weighted by molar-refractivity contribution is 0.440. The van der Waals surface area contributed by atoms with E-state index in [1.807, 2.05) is 6.07 Å². The Balaban J connectivity index is 1.67. The van der Waals surface area contributed by atoms with E-state index in [0.717, 1.165) is 13.0 Å². The van der Waals surface area contributed by atoms with Gasteiger partial charge in [0.15, 0.2) is 0 Å². The van der Waals surface area contributed by atoms with Crippen molar-refractivity contribution in [3.05, 3.63) is 65.2 Å². The summed E-state index contributed by atoms with van der Waals surface area (Å²) in [6.45, 7) is 3.25. The Morgan fingerprint density at radius 2 is 2.00 bits per heavy atom. The van der Waals surface area contributed by atoms with Crippen molar-refractivity contribution in [2.75, 3.05) is 6.54 Å². The fourth-order valence-electron chi connectivity index (χ4n) is 3.23. The normalized spacial score (nSPS) is 19.0. The van der Waals surface area contributed by atoms with Crippen LogP contribution in [-0.2, 0) is 6.42 Å². The van der Waals surface area contributed by atoms with Crippen molar-refractivity contribution < 1.29 is 5.11 Å². The van der Waals surface area contributed by atoms with E-state index in [1.165, 1.54) is 29.5 Å². The Morgan fingerprint density at radius 3 is 2.81 bits per heavy atom. The minimum Gasteiger partial charge on any atom is -0.508 e. The van der Waals surface area contributed by atoms with Gasteiger partial charge in [0.05, 0.1) is 0 Å². The second-order valence-corrected chi connectivity index (χ2v) is 6.05. The molecule has 3 rings (SSSR count). The van der Waals surface area contributed by atoms with E-state index in [2.05, 4.69) is 48.6 Å². The van der Waals surface area contributed by atoms with Crippen molar-refractivity contribution in [3.63, 3.8) is 0 Å². The highest BCUT2D eigenvalue weighted by molar-refractivity contribution is 5.38. The van der Waals surface area contributed by atoms with E-state index < -0.39 is 0 Å². The first-order valence-electron chi connectivity index (χ1n) is 7.84. The van der Waals surface area contributed by atoms with Crippen LogP contribution in [0, 0.1) is 0 Å². The van der Waals surface area contributed by atoms with Gasteiger partial charge in [-0.1, -0.05) is 43.3 Å². The third-order valence-corrected chi connectivity index (χ3v) is 4.48. The van der Waals surface area contributed by atoms with E-state index in [9.17, 15) is 5.11 Å². The number of nitrogens with one attached hydrogen (secondary N) is 1. The van der Waals surface area contributed by atoms with Crippen molar-refractivity contribution in [1.29, 1.82) is 0 Å². The smallest absolute Gasteiger partial charge is 0.115 e. The molecule has 0 saturated carbocycles. The summed E-state index contributed by atoms with van der Waals surface area (Å²) in [5, 5.41) is 13.3. The summed E-state index contributed by atoms with van der Waals surface area (Å²) in [5.41, 5.74) is 4.04. The van der Waals surface area contributed by atoms with Gasteiger partial charge < -0.3 is 10.4 Å². The zero-order valence-corrected chi connectivity index (χ0v) is 12.5. The first-order valence-corrected chi connectivity index (χ1v) is 7.84. The van der Waals surface area contributed by atoms with Gasteiger partial charge in [-0.2, -0.15) is 0 Å². The fourth-order valence-corrected chi connectivity index (χ4v) is 3.23. The Kier molecular flexibility index (Phi) is 4.26. The van der Waals surface area contributed by atoms with Crippen molar-refractivity contribution in [1.82, 2.24) is 5.32 Å².